The SMILES string of the molecule is CC(C)C(NC(=O)c1cc(Cl)ccc1Cl)C(=O)N1CCC2(CC1)C(=O)N(C)C(=O)N2c1ccccc1. The minimum atomic E-state index is -1.05. The minimum absolute atomic E-state index is 0.191. The molecule has 190 valence electrons. The van der Waals surface area contributed by atoms with E-state index in [9.17, 15) is 19.2 Å². The van der Waals surface area contributed by atoms with E-state index in [1.165, 1.54) is 19.2 Å². The number of likely N-dealkylation sites (tertiary alicyclic amines) is 1. The molecule has 1 unspecified atom stereocenters. The Kier molecular flexibility index (Phi) is 7.29. The lowest BCUT2D eigenvalue weighted by Gasteiger charge is -2.43. The van der Waals surface area contributed by atoms with Crippen LogP contribution in [0.1, 0.15) is 37.0 Å². The van der Waals surface area contributed by atoms with E-state index < -0.39 is 17.5 Å². The van der Waals surface area contributed by atoms with Crippen LogP contribution in [-0.4, -0.2) is 65.3 Å². The van der Waals surface area contributed by atoms with Gasteiger partial charge in [0.05, 0.1) is 10.6 Å². The van der Waals surface area contributed by atoms with Crippen LogP contribution in [0.15, 0.2) is 48.5 Å². The summed E-state index contributed by atoms with van der Waals surface area (Å²) in [5, 5.41) is 3.40. The number of nitrogens with one attached hydrogen (secondary N) is 1. The van der Waals surface area contributed by atoms with E-state index in [1.54, 1.807) is 28.0 Å². The van der Waals surface area contributed by atoms with Crippen molar-refractivity contribution >= 4 is 52.6 Å². The number of urea groups is 1. The maximum absolute atomic E-state index is 13.5. The van der Waals surface area contributed by atoms with Gasteiger partial charge < -0.3 is 10.2 Å². The van der Waals surface area contributed by atoms with E-state index in [2.05, 4.69) is 5.32 Å². The lowest BCUT2D eigenvalue weighted by Crippen LogP contribution is -2.60. The Morgan fingerprint density at radius 1 is 1.00 bits per heavy atom. The fourth-order valence-corrected chi connectivity index (χ4v) is 5.27. The zero-order chi connectivity index (χ0) is 26.2. The molecular formula is C26H28Cl2N4O4. The second-order valence-electron chi connectivity index (χ2n) is 9.49. The Morgan fingerprint density at radius 3 is 2.25 bits per heavy atom. The number of hydrogen-bond donors (Lipinski definition) is 1. The molecule has 2 aliphatic rings. The largest absolute Gasteiger partial charge is 0.341 e. The van der Waals surface area contributed by atoms with Gasteiger partial charge in [-0.15, -0.1) is 0 Å². The van der Waals surface area contributed by atoms with Crippen LogP contribution in [0.3, 0.4) is 0 Å². The quantitative estimate of drug-likeness (QED) is 0.586. The van der Waals surface area contributed by atoms with E-state index >= 15 is 0 Å². The normalized spacial score (nSPS) is 18.2. The smallest absolute Gasteiger partial charge is 0.331 e. The molecule has 36 heavy (non-hydrogen) atoms. The van der Waals surface area contributed by atoms with Gasteiger partial charge in [-0.25, -0.2) is 4.79 Å². The van der Waals surface area contributed by atoms with Gasteiger partial charge in [0.15, 0.2) is 0 Å². The molecule has 4 rings (SSSR count). The average Bonchev–Trinajstić information content (AvgIpc) is 3.04. The number of halogens is 2. The number of piperidine rings is 1. The van der Waals surface area contributed by atoms with E-state index in [4.69, 9.17) is 23.2 Å². The third-order valence-electron chi connectivity index (χ3n) is 6.92. The molecule has 0 radical (unpaired) electrons. The number of anilines is 1. The van der Waals surface area contributed by atoms with Crippen molar-refractivity contribution in [3.05, 3.63) is 64.1 Å². The first-order valence-electron chi connectivity index (χ1n) is 11.8. The predicted molar refractivity (Wildman–Crippen MR) is 138 cm³/mol. The van der Waals surface area contributed by atoms with Crippen molar-refractivity contribution in [3.63, 3.8) is 0 Å². The van der Waals surface area contributed by atoms with Gasteiger partial charge >= 0.3 is 6.03 Å². The highest BCUT2D eigenvalue weighted by Gasteiger charge is 2.58. The molecular weight excluding hydrogens is 503 g/mol. The summed E-state index contributed by atoms with van der Waals surface area (Å²) in [6, 6.07) is 12.5. The Morgan fingerprint density at radius 2 is 1.64 bits per heavy atom. The summed E-state index contributed by atoms with van der Waals surface area (Å²) in [4.78, 5) is 57.0. The minimum Gasteiger partial charge on any atom is -0.341 e. The van der Waals surface area contributed by atoms with Gasteiger partial charge in [-0.05, 0) is 49.1 Å². The predicted octanol–water partition coefficient (Wildman–Crippen LogP) is 4.21. The number of benzene rings is 2. The van der Waals surface area contributed by atoms with Crippen molar-refractivity contribution in [2.24, 2.45) is 5.92 Å². The van der Waals surface area contributed by atoms with E-state index in [1.807, 2.05) is 32.0 Å². The Labute approximate surface area is 220 Å². The van der Waals surface area contributed by atoms with Crippen LogP contribution in [0.5, 0.6) is 0 Å². The summed E-state index contributed by atoms with van der Waals surface area (Å²) in [5.41, 5.74) is -0.211. The highest BCUT2D eigenvalue weighted by atomic mass is 35.5. The molecule has 0 saturated carbocycles. The number of amides is 5. The number of carbonyl (C=O) groups excluding carboxylic acids is 4. The Bertz CT molecular complexity index is 1200. The average molecular weight is 531 g/mol. The van der Waals surface area contributed by atoms with Crippen molar-refractivity contribution in [3.8, 4) is 0 Å². The molecule has 2 fully saturated rings. The topological polar surface area (TPSA) is 90.0 Å². The third-order valence-corrected chi connectivity index (χ3v) is 7.48. The van der Waals surface area contributed by atoms with Crippen LogP contribution < -0.4 is 10.2 Å². The fourth-order valence-electron chi connectivity index (χ4n) is 4.90. The zero-order valence-electron chi connectivity index (χ0n) is 20.3. The summed E-state index contributed by atoms with van der Waals surface area (Å²) >= 11 is 12.2. The highest BCUT2D eigenvalue weighted by molar-refractivity contribution is 6.35. The van der Waals surface area contributed by atoms with Crippen molar-refractivity contribution in [2.45, 2.75) is 38.3 Å². The lowest BCUT2D eigenvalue weighted by atomic mass is 9.85. The van der Waals surface area contributed by atoms with Gasteiger partial charge in [0.2, 0.25) is 5.91 Å². The van der Waals surface area contributed by atoms with Crippen LogP contribution >= 0.6 is 23.2 Å². The molecule has 8 nitrogen and oxygen atoms in total. The molecule has 1 atom stereocenters. The van der Waals surface area contributed by atoms with Crippen molar-refractivity contribution in [2.75, 3.05) is 25.0 Å². The van der Waals surface area contributed by atoms with Gasteiger partial charge in [0, 0.05) is 30.8 Å². The summed E-state index contributed by atoms with van der Waals surface area (Å²) in [6.07, 6.45) is 0.586. The van der Waals surface area contributed by atoms with Crippen molar-refractivity contribution < 1.29 is 19.2 Å². The second kappa shape index (κ2) is 10.1. The molecule has 1 spiro atoms. The maximum atomic E-state index is 13.5. The number of hydrogen-bond acceptors (Lipinski definition) is 4. The third kappa shape index (κ3) is 4.55. The number of likely N-dealkylation sites (N-methyl/N-ethyl adjacent to an activating group) is 1. The van der Waals surface area contributed by atoms with Crippen molar-refractivity contribution in [1.29, 1.82) is 0 Å². The molecule has 2 aliphatic heterocycles. The van der Waals surface area contributed by atoms with E-state index in [0.29, 0.717) is 23.6 Å². The van der Waals surface area contributed by atoms with Gasteiger partial charge in [-0.1, -0.05) is 55.2 Å². The van der Waals surface area contributed by atoms with E-state index in [0.717, 1.165) is 4.90 Å². The first-order valence-corrected chi connectivity index (χ1v) is 12.5. The van der Waals surface area contributed by atoms with Gasteiger partial charge in [0.25, 0.3) is 11.8 Å². The molecule has 2 heterocycles. The lowest BCUT2D eigenvalue weighted by molar-refractivity contribution is -0.139. The monoisotopic (exact) mass is 530 g/mol. The van der Waals surface area contributed by atoms with Crippen LogP contribution in [0, 0.1) is 5.92 Å². The molecule has 0 aliphatic carbocycles. The molecule has 5 amide bonds. The molecule has 2 aromatic carbocycles. The van der Waals surface area contributed by atoms with E-state index in [-0.39, 0.29) is 47.4 Å². The van der Waals surface area contributed by atoms with Crippen LogP contribution in [0.2, 0.25) is 10.0 Å². The fraction of sp³-hybridized carbons (Fsp3) is 0.385. The molecule has 2 saturated heterocycles. The summed E-state index contributed by atoms with van der Waals surface area (Å²) in [6.45, 7) is 4.23. The highest BCUT2D eigenvalue weighted by Crippen LogP contribution is 2.40. The molecule has 0 aromatic heterocycles. The molecule has 0 bridgehead atoms. The second-order valence-corrected chi connectivity index (χ2v) is 10.3. The van der Waals surface area contributed by atoms with Crippen LogP contribution in [0.4, 0.5) is 10.5 Å². The molecule has 2 aromatic rings. The molecule has 10 heteroatoms. The number of imide groups is 1. The van der Waals surface area contributed by atoms with Crippen LogP contribution in [-0.2, 0) is 9.59 Å². The summed E-state index contributed by atoms with van der Waals surface area (Å²) in [7, 11) is 1.48. The van der Waals surface area contributed by atoms with Crippen LogP contribution in [0.25, 0.3) is 0 Å². The first kappa shape index (κ1) is 26.0. The van der Waals surface area contributed by atoms with Crippen molar-refractivity contribution in [1.82, 2.24) is 15.1 Å². The standard InChI is InChI=1S/C26H28Cl2N4O4/c1-16(2)21(29-22(33)19-15-17(27)9-10-20(19)28)23(34)31-13-11-26(12-14-31)24(35)30(3)25(36)32(26)18-7-5-4-6-8-18/h4-10,15-16,21H,11-14H2,1-3H3,(H,29,33). The van der Waals surface area contributed by atoms with Gasteiger partial charge in [-0.3, -0.25) is 24.2 Å². The zero-order valence-corrected chi connectivity index (χ0v) is 21.8. The Balaban J connectivity index is 1.52. The number of rotatable bonds is 5. The summed E-state index contributed by atoms with van der Waals surface area (Å²) < 4.78 is 0. The summed E-state index contributed by atoms with van der Waals surface area (Å²) in [5.74, 6) is -1.20. The molecule has 1 N–H and O–H groups in total. The maximum Gasteiger partial charge on any atom is 0.331 e. The number of nitrogens with zero attached hydrogens (tertiary/aromatic N) is 3. The Hall–Kier alpha value is -3.10. The van der Waals surface area contributed by atoms with Gasteiger partial charge in [-0.2, -0.15) is 0 Å². The van der Waals surface area contributed by atoms with Gasteiger partial charge in [0.1, 0.15) is 11.6 Å². The number of para-hydroxylation sites is 1. The first-order chi connectivity index (χ1) is 17.1. The number of carbonyl (C=O) groups is 4.